The first-order valence-corrected chi connectivity index (χ1v) is 14.1. The lowest BCUT2D eigenvalue weighted by Crippen LogP contribution is -2.64. The van der Waals surface area contributed by atoms with Gasteiger partial charge in [0.25, 0.3) is 0 Å². The van der Waals surface area contributed by atoms with Gasteiger partial charge in [0.2, 0.25) is 0 Å². The van der Waals surface area contributed by atoms with Crippen LogP contribution in [-0.4, -0.2) is 51.7 Å². The van der Waals surface area contributed by atoms with Crippen molar-refractivity contribution in [2.75, 3.05) is 0 Å². The van der Waals surface area contributed by atoms with Crippen LogP contribution in [0.1, 0.15) is 92.9 Å². The highest BCUT2D eigenvalue weighted by Crippen LogP contribution is 2.73. The van der Waals surface area contributed by atoms with Crippen LogP contribution in [0.15, 0.2) is 0 Å². The number of carbonyl (C=O) groups excluding carboxylic acids is 2. The summed E-state index contributed by atoms with van der Waals surface area (Å²) in [6.07, 6.45) is 4.66. The molecule has 0 bridgehead atoms. The van der Waals surface area contributed by atoms with Crippen molar-refractivity contribution in [1.29, 1.82) is 0 Å². The molecule has 0 amide bonds. The Labute approximate surface area is 219 Å². The summed E-state index contributed by atoms with van der Waals surface area (Å²) in [5.74, 6) is -1.52. The Morgan fingerprint density at radius 2 is 1.70 bits per heavy atom. The Bertz CT molecular complexity index is 981. The molecule has 0 aromatic carbocycles. The zero-order valence-corrected chi connectivity index (χ0v) is 23.1. The van der Waals surface area contributed by atoms with Crippen LogP contribution >= 0.6 is 0 Å². The fourth-order valence-electron chi connectivity index (χ4n) is 10.1. The number of carboxylic acid groups (broad SMARTS) is 1. The molecular formula is C29H44O8. The van der Waals surface area contributed by atoms with Gasteiger partial charge < -0.3 is 24.4 Å². The molecule has 5 aliphatic rings. The summed E-state index contributed by atoms with van der Waals surface area (Å²) >= 11 is 0. The number of fused-ring (bicyclic) bond motifs is 6. The van der Waals surface area contributed by atoms with Crippen molar-refractivity contribution in [2.45, 2.75) is 117 Å². The summed E-state index contributed by atoms with van der Waals surface area (Å²) in [6.45, 7) is 11.6. The highest BCUT2D eigenvalue weighted by Gasteiger charge is 2.77. The predicted molar refractivity (Wildman–Crippen MR) is 133 cm³/mol. The molecule has 5 rings (SSSR count). The van der Waals surface area contributed by atoms with E-state index in [9.17, 15) is 24.6 Å². The third kappa shape index (κ3) is 4.03. The molecule has 1 unspecified atom stereocenters. The van der Waals surface area contributed by atoms with Crippen molar-refractivity contribution >= 4 is 17.9 Å². The van der Waals surface area contributed by atoms with Gasteiger partial charge in [0.05, 0.1) is 0 Å². The number of epoxide rings is 1. The average Bonchev–Trinajstić information content (AvgIpc) is 3.12. The average molecular weight is 521 g/mol. The van der Waals surface area contributed by atoms with Crippen LogP contribution in [-0.2, 0) is 28.6 Å². The van der Waals surface area contributed by atoms with Gasteiger partial charge in [0.15, 0.2) is 5.79 Å². The summed E-state index contributed by atoms with van der Waals surface area (Å²) in [7, 11) is 0. The molecule has 4 saturated carbocycles. The van der Waals surface area contributed by atoms with Crippen LogP contribution in [0.2, 0.25) is 0 Å². The summed E-state index contributed by atoms with van der Waals surface area (Å²) in [4.78, 5) is 36.0. The number of hydrogen-bond acceptors (Lipinski definition) is 7. The molecule has 1 saturated heterocycles. The molecule has 4 aliphatic carbocycles. The van der Waals surface area contributed by atoms with Gasteiger partial charge in [0, 0.05) is 38.0 Å². The number of rotatable bonds is 6. The Balaban J connectivity index is 1.54. The van der Waals surface area contributed by atoms with E-state index < -0.39 is 17.4 Å². The van der Waals surface area contributed by atoms with Crippen LogP contribution < -0.4 is 0 Å². The van der Waals surface area contributed by atoms with Crippen LogP contribution in [0.4, 0.5) is 0 Å². The second-order valence-corrected chi connectivity index (χ2v) is 13.7. The van der Waals surface area contributed by atoms with Gasteiger partial charge in [-0.05, 0) is 80.5 Å². The highest BCUT2D eigenvalue weighted by atomic mass is 16.7. The van der Waals surface area contributed by atoms with Crippen molar-refractivity contribution in [3.8, 4) is 0 Å². The molecule has 1 aliphatic heterocycles. The standard InChI is InChI=1S/C29H44O8/c1-15(7-10-24(32)33)19-8-9-20-25-21(12-23(28(19,20)6)36-17(3)31)26(4)14-27(5)29(34,37-27)13-18(26)11-22(25)35-16(2)30/h15,18-23,25,34H,7-14H2,1-6H3,(H,32,33)/t15-,18-,19-,20+,21+,22-,23+,25+,26+,27?,28-,29-/m1/s1. The van der Waals surface area contributed by atoms with Crippen molar-refractivity contribution in [1.82, 2.24) is 0 Å². The maximum absolute atomic E-state index is 12.4. The van der Waals surface area contributed by atoms with Gasteiger partial charge >= 0.3 is 17.9 Å². The van der Waals surface area contributed by atoms with E-state index >= 15 is 0 Å². The van der Waals surface area contributed by atoms with Crippen molar-refractivity contribution in [3.05, 3.63) is 0 Å². The minimum Gasteiger partial charge on any atom is -0.481 e. The Hall–Kier alpha value is -1.67. The lowest BCUT2D eigenvalue weighted by molar-refractivity contribution is -0.224. The minimum atomic E-state index is -1.11. The molecule has 12 atom stereocenters. The molecule has 208 valence electrons. The summed E-state index contributed by atoms with van der Waals surface area (Å²) in [6, 6.07) is 0. The third-order valence-corrected chi connectivity index (χ3v) is 11.7. The molecule has 1 heterocycles. The molecule has 5 fully saturated rings. The molecule has 0 aromatic rings. The number of esters is 2. The normalized spacial score (nSPS) is 50.5. The molecular weight excluding hydrogens is 476 g/mol. The van der Waals surface area contributed by atoms with Crippen LogP contribution in [0, 0.1) is 46.3 Å². The minimum absolute atomic E-state index is 0.118. The summed E-state index contributed by atoms with van der Waals surface area (Å²) < 4.78 is 18.1. The second-order valence-electron chi connectivity index (χ2n) is 13.7. The zero-order chi connectivity index (χ0) is 27.1. The van der Waals surface area contributed by atoms with Gasteiger partial charge in [-0.15, -0.1) is 0 Å². The Morgan fingerprint density at radius 1 is 1.03 bits per heavy atom. The third-order valence-electron chi connectivity index (χ3n) is 11.7. The van der Waals surface area contributed by atoms with Crippen molar-refractivity contribution in [3.63, 3.8) is 0 Å². The highest BCUT2D eigenvalue weighted by molar-refractivity contribution is 5.67. The van der Waals surface area contributed by atoms with Gasteiger partial charge in [-0.1, -0.05) is 20.8 Å². The van der Waals surface area contributed by atoms with Crippen LogP contribution in [0.5, 0.6) is 0 Å². The van der Waals surface area contributed by atoms with E-state index in [1.54, 1.807) is 0 Å². The Kier molecular flexibility index (Phi) is 6.31. The first kappa shape index (κ1) is 26.9. The lowest BCUT2D eigenvalue weighted by Gasteiger charge is -2.64. The number of hydrogen-bond donors (Lipinski definition) is 2. The van der Waals surface area contributed by atoms with Gasteiger partial charge in [-0.2, -0.15) is 0 Å². The number of carbonyl (C=O) groups is 3. The Morgan fingerprint density at radius 3 is 2.32 bits per heavy atom. The van der Waals surface area contributed by atoms with Gasteiger partial charge in [-0.25, -0.2) is 0 Å². The van der Waals surface area contributed by atoms with E-state index in [4.69, 9.17) is 14.2 Å². The van der Waals surface area contributed by atoms with E-state index in [1.807, 2.05) is 6.92 Å². The fourth-order valence-corrected chi connectivity index (χ4v) is 10.1. The molecule has 0 spiro atoms. The fraction of sp³-hybridized carbons (Fsp3) is 0.897. The summed E-state index contributed by atoms with van der Waals surface area (Å²) in [5, 5.41) is 20.3. The smallest absolute Gasteiger partial charge is 0.303 e. The SMILES string of the molecule is CC(=O)O[C@H]1C[C@H]2[C@@H]([C@H](OC(C)=O)C[C@@H]3C[C@@]4(O)OC4(C)C[C@@]32C)[C@@H]2CC[C@H]([C@H](C)CCC(=O)O)[C@@]12C. The monoisotopic (exact) mass is 520 g/mol. The second kappa shape index (κ2) is 8.67. The van der Waals surface area contributed by atoms with Crippen LogP contribution in [0.25, 0.3) is 0 Å². The lowest BCUT2D eigenvalue weighted by atomic mass is 9.42. The summed E-state index contributed by atoms with van der Waals surface area (Å²) in [5.41, 5.74) is -1.05. The zero-order valence-electron chi connectivity index (χ0n) is 23.1. The van der Waals surface area contributed by atoms with E-state index in [-0.39, 0.29) is 76.9 Å². The molecule has 0 radical (unpaired) electrons. The van der Waals surface area contributed by atoms with E-state index in [2.05, 4.69) is 20.8 Å². The molecule has 37 heavy (non-hydrogen) atoms. The van der Waals surface area contributed by atoms with Crippen LogP contribution in [0.3, 0.4) is 0 Å². The van der Waals surface area contributed by atoms with Crippen molar-refractivity contribution in [2.24, 2.45) is 46.3 Å². The quantitative estimate of drug-likeness (QED) is 0.392. The van der Waals surface area contributed by atoms with Gasteiger partial charge in [-0.3, -0.25) is 14.4 Å². The topological polar surface area (TPSA) is 123 Å². The molecule has 2 N–H and O–H groups in total. The van der Waals surface area contributed by atoms with Crippen molar-refractivity contribution < 1.29 is 38.8 Å². The first-order valence-electron chi connectivity index (χ1n) is 14.1. The van der Waals surface area contributed by atoms with E-state index in [0.29, 0.717) is 25.7 Å². The number of carboxylic acids is 1. The van der Waals surface area contributed by atoms with E-state index in [1.165, 1.54) is 13.8 Å². The largest absolute Gasteiger partial charge is 0.481 e. The van der Waals surface area contributed by atoms with E-state index in [0.717, 1.165) is 19.3 Å². The number of aliphatic hydroxyl groups is 1. The maximum atomic E-state index is 12.4. The first-order chi connectivity index (χ1) is 17.1. The number of aliphatic carboxylic acids is 1. The molecule has 8 nitrogen and oxygen atoms in total. The molecule has 0 aromatic heterocycles. The van der Waals surface area contributed by atoms with Gasteiger partial charge in [0.1, 0.15) is 17.8 Å². The number of ether oxygens (including phenoxy) is 3. The predicted octanol–water partition coefficient (Wildman–Crippen LogP) is 4.32. The maximum Gasteiger partial charge on any atom is 0.303 e. The molecule has 8 heteroatoms.